The van der Waals surface area contributed by atoms with E-state index in [2.05, 4.69) is 5.32 Å². The average molecular weight is 414 g/mol. The zero-order valence-corrected chi connectivity index (χ0v) is 17.1. The predicted molar refractivity (Wildman–Crippen MR) is 108 cm³/mol. The number of ether oxygens (including phenoxy) is 2. The molecule has 2 aromatic rings. The first-order valence-electron chi connectivity index (χ1n) is 8.97. The third-order valence-electron chi connectivity index (χ3n) is 4.21. The molecule has 0 atom stereocenters. The van der Waals surface area contributed by atoms with Crippen LogP contribution in [-0.2, 0) is 14.9 Å². The van der Waals surface area contributed by atoms with Crippen LogP contribution in [0.3, 0.4) is 0 Å². The monoisotopic (exact) mass is 414 g/mol. The number of nitrogens with one attached hydrogen (secondary N) is 1. The molecule has 158 valence electrons. The summed E-state index contributed by atoms with van der Waals surface area (Å²) in [4.78, 5) is 46.5. The highest BCUT2D eigenvalue weighted by Crippen LogP contribution is 2.27. The second-order valence-corrected chi connectivity index (χ2v) is 7.42. The van der Waals surface area contributed by atoms with Gasteiger partial charge < -0.3 is 9.47 Å². The molecule has 0 bridgehead atoms. The summed E-state index contributed by atoms with van der Waals surface area (Å²) in [5, 5.41) is 13.2. The lowest BCUT2D eigenvalue weighted by molar-refractivity contribution is -0.385. The maximum Gasteiger partial charge on any atom is 0.338 e. The van der Waals surface area contributed by atoms with E-state index in [0.29, 0.717) is 0 Å². The van der Waals surface area contributed by atoms with Crippen molar-refractivity contribution in [3.05, 3.63) is 69.3 Å². The van der Waals surface area contributed by atoms with Gasteiger partial charge in [-0.15, -0.1) is 0 Å². The van der Waals surface area contributed by atoms with Crippen LogP contribution in [0.25, 0.3) is 0 Å². The van der Waals surface area contributed by atoms with E-state index < -0.39 is 35.0 Å². The third kappa shape index (κ3) is 5.63. The molecule has 0 fully saturated rings. The predicted octanol–water partition coefficient (Wildman–Crippen LogP) is 3.01. The minimum absolute atomic E-state index is 0.0163. The van der Waals surface area contributed by atoms with Crippen molar-refractivity contribution in [2.45, 2.75) is 26.2 Å². The number of hydrogen-bond acceptors (Lipinski definition) is 7. The van der Waals surface area contributed by atoms with Crippen LogP contribution in [0.4, 0.5) is 5.69 Å². The van der Waals surface area contributed by atoms with Crippen molar-refractivity contribution in [3.63, 3.8) is 0 Å². The zero-order chi connectivity index (χ0) is 22.5. The zero-order valence-electron chi connectivity index (χ0n) is 17.1. The van der Waals surface area contributed by atoms with Gasteiger partial charge in [-0.3, -0.25) is 25.0 Å². The van der Waals surface area contributed by atoms with E-state index >= 15 is 0 Å². The Morgan fingerprint density at radius 2 is 1.63 bits per heavy atom. The number of esters is 1. The summed E-state index contributed by atoms with van der Waals surface area (Å²) in [5.41, 5.74) is 0.710. The smallest absolute Gasteiger partial charge is 0.338 e. The van der Waals surface area contributed by atoms with Gasteiger partial charge in [-0.25, -0.2) is 4.79 Å². The Morgan fingerprint density at radius 3 is 2.17 bits per heavy atom. The number of amides is 2. The lowest BCUT2D eigenvalue weighted by atomic mass is 9.87. The Kier molecular flexibility index (Phi) is 6.89. The molecule has 0 aliphatic heterocycles. The Balaban J connectivity index is 1.95. The van der Waals surface area contributed by atoms with E-state index in [1.54, 1.807) is 24.3 Å². The molecule has 2 rings (SSSR count). The van der Waals surface area contributed by atoms with Crippen molar-refractivity contribution >= 4 is 23.5 Å². The van der Waals surface area contributed by atoms with Crippen molar-refractivity contribution in [2.24, 2.45) is 0 Å². The standard InChI is InChI=1S/C21H22N2O7/c1-21(2,3)15-8-5-13(6-9-15)19(25)22-18(24)12-30-20(26)14-7-10-17(29-4)16(11-14)23(27)28/h5-11H,12H2,1-4H3,(H,22,24,25). The molecule has 1 N–H and O–H groups in total. The van der Waals surface area contributed by atoms with Crippen LogP contribution in [0.2, 0.25) is 0 Å². The van der Waals surface area contributed by atoms with Gasteiger partial charge in [-0.05, 0) is 35.2 Å². The molecule has 0 aromatic heterocycles. The van der Waals surface area contributed by atoms with Crippen molar-refractivity contribution < 1.29 is 28.8 Å². The van der Waals surface area contributed by atoms with E-state index in [-0.39, 0.29) is 22.3 Å². The first-order valence-corrected chi connectivity index (χ1v) is 8.97. The van der Waals surface area contributed by atoms with Gasteiger partial charge in [0.1, 0.15) is 0 Å². The molecule has 9 nitrogen and oxygen atoms in total. The average Bonchev–Trinajstić information content (AvgIpc) is 2.70. The highest BCUT2D eigenvalue weighted by Gasteiger charge is 2.20. The summed E-state index contributed by atoms with van der Waals surface area (Å²) in [6.45, 7) is 5.40. The molecule has 0 saturated carbocycles. The van der Waals surface area contributed by atoms with Gasteiger partial charge in [-0.1, -0.05) is 32.9 Å². The number of carbonyl (C=O) groups is 3. The number of benzene rings is 2. The summed E-state index contributed by atoms with van der Waals surface area (Å²) < 4.78 is 9.69. The minimum Gasteiger partial charge on any atom is -0.490 e. The minimum atomic E-state index is -0.946. The second-order valence-electron chi connectivity index (χ2n) is 7.42. The van der Waals surface area contributed by atoms with Crippen LogP contribution in [0, 0.1) is 10.1 Å². The topological polar surface area (TPSA) is 125 Å². The molecular formula is C21H22N2O7. The number of nitro groups is 1. The third-order valence-corrected chi connectivity index (χ3v) is 4.21. The molecule has 2 aromatic carbocycles. The van der Waals surface area contributed by atoms with Crippen LogP contribution in [0.1, 0.15) is 47.1 Å². The van der Waals surface area contributed by atoms with E-state index in [4.69, 9.17) is 9.47 Å². The SMILES string of the molecule is COc1ccc(C(=O)OCC(=O)NC(=O)c2ccc(C(C)(C)C)cc2)cc1[N+](=O)[O-]. The Morgan fingerprint density at radius 1 is 1.03 bits per heavy atom. The van der Waals surface area contributed by atoms with Gasteiger partial charge >= 0.3 is 11.7 Å². The van der Waals surface area contributed by atoms with Gasteiger partial charge in [0.25, 0.3) is 11.8 Å². The summed E-state index contributed by atoms with van der Waals surface area (Å²) in [6, 6.07) is 10.3. The number of hydrogen-bond donors (Lipinski definition) is 1. The maximum absolute atomic E-state index is 12.2. The van der Waals surface area contributed by atoms with E-state index in [1.165, 1.54) is 19.2 Å². The summed E-state index contributed by atoms with van der Waals surface area (Å²) in [7, 11) is 1.26. The molecule has 0 aliphatic rings. The highest BCUT2D eigenvalue weighted by molar-refractivity contribution is 6.05. The van der Waals surface area contributed by atoms with Crippen molar-refractivity contribution in [2.75, 3.05) is 13.7 Å². The van der Waals surface area contributed by atoms with Gasteiger partial charge in [0.15, 0.2) is 12.4 Å². The lowest BCUT2D eigenvalue weighted by Crippen LogP contribution is -2.34. The van der Waals surface area contributed by atoms with Crippen LogP contribution >= 0.6 is 0 Å². The van der Waals surface area contributed by atoms with Gasteiger partial charge in [0.2, 0.25) is 0 Å². The molecule has 0 heterocycles. The largest absolute Gasteiger partial charge is 0.490 e. The normalized spacial score (nSPS) is 10.8. The van der Waals surface area contributed by atoms with Crippen molar-refractivity contribution in [1.82, 2.24) is 5.32 Å². The number of nitro benzene ring substituents is 1. The van der Waals surface area contributed by atoms with Crippen molar-refractivity contribution in [1.29, 1.82) is 0 Å². The summed E-state index contributed by atoms with van der Waals surface area (Å²) in [6.07, 6.45) is 0. The molecular weight excluding hydrogens is 392 g/mol. The molecule has 0 spiro atoms. The molecule has 0 saturated heterocycles. The quantitative estimate of drug-likeness (QED) is 0.437. The number of imide groups is 1. The molecule has 2 amide bonds. The van der Waals surface area contributed by atoms with Crippen LogP contribution < -0.4 is 10.1 Å². The highest BCUT2D eigenvalue weighted by atomic mass is 16.6. The fourth-order valence-corrected chi connectivity index (χ4v) is 2.53. The van der Waals surface area contributed by atoms with E-state index in [0.717, 1.165) is 11.6 Å². The Bertz CT molecular complexity index is 976. The number of rotatable bonds is 6. The molecule has 0 unspecified atom stereocenters. The lowest BCUT2D eigenvalue weighted by Gasteiger charge is -2.19. The van der Waals surface area contributed by atoms with Gasteiger partial charge in [-0.2, -0.15) is 0 Å². The maximum atomic E-state index is 12.2. The van der Waals surface area contributed by atoms with E-state index in [1.807, 2.05) is 20.8 Å². The van der Waals surface area contributed by atoms with Gasteiger partial charge in [0.05, 0.1) is 17.6 Å². The molecule has 0 aliphatic carbocycles. The van der Waals surface area contributed by atoms with Crippen molar-refractivity contribution in [3.8, 4) is 5.75 Å². The fourth-order valence-electron chi connectivity index (χ4n) is 2.53. The summed E-state index contributed by atoms with van der Waals surface area (Å²) >= 11 is 0. The van der Waals surface area contributed by atoms with E-state index in [9.17, 15) is 24.5 Å². The first kappa shape index (κ1) is 22.5. The number of carbonyl (C=O) groups excluding carboxylic acids is 3. The van der Waals surface area contributed by atoms with Crippen LogP contribution in [0.5, 0.6) is 5.75 Å². The molecule has 30 heavy (non-hydrogen) atoms. The first-order chi connectivity index (χ1) is 14.0. The Labute approximate surface area is 173 Å². The second kappa shape index (κ2) is 9.17. The molecule has 0 radical (unpaired) electrons. The Hall–Kier alpha value is -3.75. The summed E-state index contributed by atoms with van der Waals surface area (Å²) in [5.74, 6) is -2.41. The van der Waals surface area contributed by atoms with Crippen LogP contribution in [0.15, 0.2) is 42.5 Å². The number of methoxy groups -OCH3 is 1. The number of nitrogens with zero attached hydrogens (tertiary/aromatic N) is 1. The molecule has 9 heteroatoms. The fraction of sp³-hybridized carbons (Fsp3) is 0.286. The van der Waals surface area contributed by atoms with Crippen LogP contribution in [-0.4, -0.2) is 36.4 Å². The van der Waals surface area contributed by atoms with Gasteiger partial charge in [0, 0.05) is 11.6 Å².